The van der Waals surface area contributed by atoms with E-state index in [1.54, 1.807) is 0 Å². The Bertz CT molecular complexity index is 775. The van der Waals surface area contributed by atoms with Crippen molar-refractivity contribution in [3.8, 4) is 0 Å². The lowest BCUT2D eigenvalue weighted by Crippen LogP contribution is -3.00. The first-order valence-corrected chi connectivity index (χ1v) is 8.91. The topological polar surface area (TPSA) is 6.25 Å². The number of halogens is 1. The molecule has 1 aliphatic heterocycles. The number of anilines is 1. The number of hydrogen-bond acceptors (Lipinski definition) is 1. The van der Waals surface area contributed by atoms with Crippen molar-refractivity contribution < 1.29 is 17.0 Å². The van der Waals surface area contributed by atoms with Crippen LogP contribution < -0.4 is 17.3 Å². The molecule has 0 aliphatic carbocycles. The minimum Gasteiger partial charge on any atom is -1.00 e. The number of nitrogens with zero attached hydrogens (tertiary/aromatic N) is 2. The van der Waals surface area contributed by atoms with Gasteiger partial charge in [0.05, 0.1) is 13.1 Å². The van der Waals surface area contributed by atoms with Gasteiger partial charge in [0.15, 0.2) is 0 Å². The van der Waals surface area contributed by atoms with Gasteiger partial charge in [-0.05, 0) is 63.8 Å². The van der Waals surface area contributed by atoms with E-state index in [1.807, 2.05) is 0 Å². The van der Waals surface area contributed by atoms with Gasteiger partial charge in [0, 0.05) is 6.42 Å². The number of hydrogen-bond donors (Lipinski definition) is 0. The Hall–Kier alpha value is -1.80. The second-order valence-corrected chi connectivity index (χ2v) is 7.35. The van der Waals surface area contributed by atoms with E-state index in [9.17, 15) is 0 Å². The average Bonchev–Trinajstić information content (AvgIpc) is 2.45. The molecule has 0 radical (unpaired) electrons. The molecule has 25 heavy (non-hydrogen) atoms. The summed E-state index contributed by atoms with van der Waals surface area (Å²) < 4.78 is 2.44. The van der Waals surface area contributed by atoms with E-state index < -0.39 is 0 Å². The van der Waals surface area contributed by atoms with Crippen LogP contribution in [0.5, 0.6) is 0 Å². The molecule has 0 unspecified atom stereocenters. The van der Waals surface area contributed by atoms with Gasteiger partial charge in [-0.2, -0.15) is 0 Å². The monoisotopic (exact) mass is 356 g/mol. The van der Waals surface area contributed by atoms with Gasteiger partial charge >= 0.3 is 0 Å². The summed E-state index contributed by atoms with van der Waals surface area (Å²) in [5.74, 6) is 0. The molecule has 0 saturated heterocycles. The van der Waals surface area contributed by atoms with Gasteiger partial charge in [0.2, 0.25) is 6.34 Å². The second kappa shape index (κ2) is 7.61. The summed E-state index contributed by atoms with van der Waals surface area (Å²) in [6, 6.07) is 9.16. The van der Waals surface area contributed by atoms with E-state index in [-0.39, 0.29) is 12.4 Å². The fourth-order valence-electron chi connectivity index (χ4n) is 4.29. The number of rotatable bonds is 2. The van der Waals surface area contributed by atoms with Crippen LogP contribution in [0.25, 0.3) is 0 Å². The maximum absolute atomic E-state index is 2.44. The molecule has 134 valence electrons. The number of benzene rings is 2. The summed E-state index contributed by atoms with van der Waals surface area (Å²) in [4.78, 5) is 2.44. The largest absolute Gasteiger partial charge is 1.00 e. The third-order valence-corrected chi connectivity index (χ3v) is 4.92. The van der Waals surface area contributed by atoms with E-state index in [2.05, 4.69) is 81.6 Å². The molecule has 0 saturated carbocycles. The first kappa shape index (κ1) is 19.5. The molecule has 2 aromatic rings. The third kappa shape index (κ3) is 3.90. The predicted octanol–water partition coefficient (Wildman–Crippen LogP) is 2.12. The van der Waals surface area contributed by atoms with Crippen molar-refractivity contribution in [3.05, 3.63) is 57.6 Å². The zero-order valence-corrected chi connectivity index (χ0v) is 17.0. The van der Waals surface area contributed by atoms with E-state index in [4.69, 9.17) is 0 Å². The van der Waals surface area contributed by atoms with E-state index >= 15 is 0 Å². The highest BCUT2D eigenvalue weighted by molar-refractivity contribution is 5.81. The fraction of sp³-hybridized carbons (Fsp3) is 0.409. The Balaban J connectivity index is 0.00000225. The van der Waals surface area contributed by atoms with E-state index in [1.165, 1.54) is 51.2 Å². The molecule has 3 heteroatoms. The zero-order chi connectivity index (χ0) is 17.4. The van der Waals surface area contributed by atoms with Crippen LogP contribution in [0.3, 0.4) is 0 Å². The van der Waals surface area contributed by atoms with Crippen molar-refractivity contribution in [2.75, 3.05) is 18.0 Å². The summed E-state index contributed by atoms with van der Waals surface area (Å²) >= 11 is 0. The first-order valence-electron chi connectivity index (χ1n) is 8.91. The molecule has 0 atom stereocenters. The Labute approximate surface area is 158 Å². The molecule has 2 nitrogen and oxygen atoms in total. The van der Waals surface area contributed by atoms with Crippen LogP contribution >= 0.6 is 0 Å². The van der Waals surface area contributed by atoms with E-state index in [0.29, 0.717) is 0 Å². The van der Waals surface area contributed by atoms with Gasteiger partial charge in [-0.3, -0.25) is 0 Å². The Morgan fingerprint density at radius 2 is 1.24 bits per heavy atom. The fourth-order valence-corrected chi connectivity index (χ4v) is 4.29. The lowest BCUT2D eigenvalue weighted by Gasteiger charge is -2.24. The number of aryl methyl sites for hydroxylation is 6. The van der Waals surface area contributed by atoms with Crippen molar-refractivity contribution in [1.29, 1.82) is 0 Å². The molecule has 0 N–H and O–H groups in total. The van der Waals surface area contributed by atoms with Gasteiger partial charge in [-0.1, -0.05) is 35.4 Å². The SMILES string of the molecule is Cc1cc(C)c(N2C=[N+](c3c(C)cc(C)cc3C)CCC2)c(C)c1.[Cl-]. The summed E-state index contributed by atoms with van der Waals surface area (Å²) in [6.45, 7) is 15.4. The molecular weight excluding hydrogens is 328 g/mol. The Morgan fingerprint density at radius 1 is 0.760 bits per heavy atom. The van der Waals surface area contributed by atoms with Crippen LogP contribution in [0, 0.1) is 41.5 Å². The third-order valence-electron chi connectivity index (χ3n) is 4.92. The van der Waals surface area contributed by atoms with Crippen LogP contribution in [-0.2, 0) is 0 Å². The zero-order valence-electron chi connectivity index (χ0n) is 16.3. The minimum atomic E-state index is 0. The predicted molar refractivity (Wildman–Crippen MR) is 104 cm³/mol. The highest BCUT2D eigenvalue weighted by Crippen LogP contribution is 2.29. The molecule has 0 bridgehead atoms. The van der Waals surface area contributed by atoms with Gasteiger partial charge in [-0.25, -0.2) is 9.48 Å². The molecule has 0 spiro atoms. The Kier molecular flexibility index (Phi) is 5.95. The molecule has 0 aromatic heterocycles. The lowest BCUT2D eigenvalue weighted by molar-refractivity contribution is -0.441. The van der Waals surface area contributed by atoms with E-state index in [0.717, 1.165) is 13.1 Å². The van der Waals surface area contributed by atoms with Gasteiger partial charge in [0.25, 0.3) is 0 Å². The standard InChI is InChI=1S/C22H29N2.ClH/c1-15-10-17(3)21(18(4)11-15)23-8-7-9-24(14-23)22-19(5)12-16(2)13-20(22)6;/h10-14H,7-9H2,1-6H3;1H/q+1;/p-1. The quantitative estimate of drug-likeness (QED) is 0.747. The van der Waals surface area contributed by atoms with Crippen LogP contribution in [0.15, 0.2) is 24.3 Å². The van der Waals surface area contributed by atoms with Gasteiger partial charge in [0.1, 0.15) is 11.4 Å². The summed E-state index contributed by atoms with van der Waals surface area (Å²) in [5, 5.41) is 0. The van der Waals surface area contributed by atoms with Crippen molar-refractivity contribution in [1.82, 2.24) is 0 Å². The first-order chi connectivity index (χ1) is 11.4. The summed E-state index contributed by atoms with van der Waals surface area (Å²) in [5.41, 5.74) is 10.9. The second-order valence-electron chi connectivity index (χ2n) is 7.35. The normalized spacial score (nSPS) is 14.2. The van der Waals surface area contributed by atoms with Gasteiger partial charge < -0.3 is 12.4 Å². The molecule has 0 fully saturated rings. The average molecular weight is 357 g/mol. The molecule has 1 aliphatic rings. The Morgan fingerprint density at radius 3 is 1.76 bits per heavy atom. The maximum atomic E-state index is 2.44. The molecule has 2 aromatic carbocycles. The summed E-state index contributed by atoms with van der Waals surface area (Å²) in [6.07, 6.45) is 3.49. The molecular formula is C22H29ClN2. The molecule has 1 heterocycles. The van der Waals surface area contributed by atoms with Crippen LogP contribution in [0.2, 0.25) is 0 Å². The highest BCUT2D eigenvalue weighted by atomic mass is 35.5. The van der Waals surface area contributed by atoms with Crippen LogP contribution in [0.1, 0.15) is 39.8 Å². The molecule has 3 rings (SSSR count). The summed E-state index contributed by atoms with van der Waals surface area (Å²) in [7, 11) is 0. The molecule has 0 amide bonds. The minimum absolute atomic E-state index is 0. The van der Waals surface area contributed by atoms with Crippen molar-refractivity contribution in [2.24, 2.45) is 0 Å². The van der Waals surface area contributed by atoms with Crippen molar-refractivity contribution >= 4 is 17.7 Å². The maximum Gasteiger partial charge on any atom is 0.244 e. The van der Waals surface area contributed by atoms with Crippen LogP contribution in [-0.4, -0.2) is 24.0 Å². The van der Waals surface area contributed by atoms with Crippen LogP contribution in [0.4, 0.5) is 11.4 Å². The highest BCUT2D eigenvalue weighted by Gasteiger charge is 2.24. The smallest absolute Gasteiger partial charge is 0.244 e. The van der Waals surface area contributed by atoms with Crippen molar-refractivity contribution in [3.63, 3.8) is 0 Å². The lowest BCUT2D eigenvalue weighted by atomic mass is 10.0. The van der Waals surface area contributed by atoms with Crippen molar-refractivity contribution in [2.45, 2.75) is 48.0 Å². The van der Waals surface area contributed by atoms with Gasteiger partial charge in [-0.15, -0.1) is 0 Å².